The van der Waals surface area contributed by atoms with E-state index in [1.54, 1.807) is 26.0 Å². The van der Waals surface area contributed by atoms with Gasteiger partial charge in [-0.3, -0.25) is 0 Å². The van der Waals surface area contributed by atoms with E-state index >= 15 is 0 Å². The second-order valence-electron chi connectivity index (χ2n) is 7.18. The highest BCUT2D eigenvalue weighted by Gasteiger charge is 2.25. The average molecular weight is 359 g/mol. The van der Waals surface area contributed by atoms with Gasteiger partial charge in [0.1, 0.15) is 5.75 Å². The summed E-state index contributed by atoms with van der Waals surface area (Å²) in [7, 11) is -1.48. The van der Waals surface area contributed by atoms with Crippen molar-refractivity contribution in [3.63, 3.8) is 0 Å². The van der Waals surface area contributed by atoms with Crippen molar-refractivity contribution in [2.45, 2.75) is 42.9 Å². The van der Waals surface area contributed by atoms with Gasteiger partial charge in [0.2, 0.25) is 9.84 Å². The van der Waals surface area contributed by atoms with Crippen LogP contribution >= 0.6 is 0 Å². The number of aromatic hydroxyl groups is 1. The van der Waals surface area contributed by atoms with E-state index < -0.39 is 9.84 Å². The molecule has 1 aliphatic heterocycles. The maximum absolute atomic E-state index is 13.0. The second-order valence-corrected chi connectivity index (χ2v) is 9.13. The Labute approximate surface area is 150 Å². The van der Waals surface area contributed by atoms with E-state index in [1.165, 1.54) is 17.7 Å². The Morgan fingerprint density at radius 2 is 1.60 bits per heavy atom. The number of benzene rings is 2. The number of likely N-dealkylation sites (tertiary alicyclic amines) is 1. The zero-order chi connectivity index (χ0) is 18.4. The molecule has 0 spiro atoms. The van der Waals surface area contributed by atoms with Gasteiger partial charge in [-0.1, -0.05) is 6.07 Å². The minimum absolute atomic E-state index is 0.149. The number of hydrogen-bond donors (Lipinski definition) is 1. The third-order valence-corrected chi connectivity index (χ3v) is 6.89. The summed E-state index contributed by atoms with van der Waals surface area (Å²) in [4.78, 5) is 2.84. The normalized spacial score (nSPS) is 18.6. The third-order valence-electron chi connectivity index (χ3n) is 5.16. The first-order chi connectivity index (χ1) is 11.7. The number of aryl methyl sites for hydroxylation is 3. The zero-order valence-corrected chi connectivity index (χ0v) is 16.0. The molecule has 0 radical (unpaired) electrons. The molecule has 0 amide bonds. The molecule has 0 saturated carbocycles. The number of hydrogen-bond acceptors (Lipinski definition) is 4. The van der Waals surface area contributed by atoms with Crippen molar-refractivity contribution in [2.24, 2.45) is 0 Å². The third kappa shape index (κ3) is 3.31. The number of rotatable bonds is 3. The molecule has 0 aromatic heterocycles. The Morgan fingerprint density at radius 3 is 2.12 bits per heavy atom. The molecule has 1 N–H and O–H groups in total. The fraction of sp³-hybridized carbons (Fsp3) is 0.400. The summed E-state index contributed by atoms with van der Waals surface area (Å²) in [6.07, 6.45) is 1.11. The van der Waals surface area contributed by atoms with Gasteiger partial charge in [0.05, 0.1) is 9.79 Å². The van der Waals surface area contributed by atoms with E-state index in [0.717, 1.165) is 25.1 Å². The Kier molecular flexibility index (Phi) is 4.64. The molecular formula is C20H25NO3S. The van der Waals surface area contributed by atoms with Gasteiger partial charge < -0.3 is 10.0 Å². The van der Waals surface area contributed by atoms with Crippen LogP contribution in [0.2, 0.25) is 0 Å². The number of nitrogens with zero attached hydrogens (tertiary/aromatic N) is 1. The molecule has 0 bridgehead atoms. The predicted molar refractivity (Wildman–Crippen MR) is 99.1 cm³/mol. The highest BCUT2D eigenvalue weighted by atomic mass is 32.2. The van der Waals surface area contributed by atoms with Gasteiger partial charge in [-0.2, -0.15) is 0 Å². The lowest BCUT2D eigenvalue weighted by Gasteiger charge is -2.15. The minimum atomic E-state index is -3.60. The standard InChI is InChI=1S/C20H25NO3S/c1-13-9-17(5-6-19(13)16-7-8-21(4)12-16)25(23,24)18-10-14(2)20(22)15(3)11-18/h5-6,9-11,16,22H,7-8,12H2,1-4H3. The van der Waals surface area contributed by atoms with Crippen LogP contribution in [0.15, 0.2) is 40.1 Å². The molecule has 2 aromatic rings. The molecule has 1 fully saturated rings. The quantitative estimate of drug-likeness (QED) is 0.910. The first-order valence-electron chi connectivity index (χ1n) is 8.54. The fourth-order valence-electron chi connectivity index (χ4n) is 3.67. The SMILES string of the molecule is Cc1cc(S(=O)(=O)c2cc(C)c(O)c(C)c2)ccc1C1CCN(C)C1. The molecule has 1 unspecified atom stereocenters. The highest BCUT2D eigenvalue weighted by Crippen LogP contribution is 2.33. The summed E-state index contributed by atoms with van der Waals surface area (Å²) in [5, 5.41) is 9.89. The largest absolute Gasteiger partial charge is 0.507 e. The molecule has 0 aliphatic carbocycles. The number of phenolic OH excluding ortho intramolecular Hbond substituents is 1. The van der Waals surface area contributed by atoms with E-state index in [-0.39, 0.29) is 10.6 Å². The van der Waals surface area contributed by atoms with E-state index in [1.807, 2.05) is 13.0 Å². The van der Waals surface area contributed by atoms with Crippen LogP contribution in [0.5, 0.6) is 5.75 Å². The predicted octanol–water partition coefficient (Wildman–Crippen LogP) is 3.57. The van der Waals surface area contributed by atoms with Gasteiger partial charge in [0, 0.05) is 6.54 Å². The lowest BCUT2D eigenvalue weighted by atomic mass is 9.94. The lowest BCUT2D eigenvalue weighted by molar-refractivity contribution is 0.411. The van der Waals surface area contributed by atoms with E-state index in [2.05, 4.69) is 11.9 Å². The molecule has 1 saturated heterocycles. The zero-order valence-electron chi connectivity index (χ0n) is 15.2. The maximum atomic E-state index is 13.0. The van der Waals surface area contributed by atoms with Gasteiger partial charge in [-0.15, -0.1) is 0 Å². The van der Waals surface area contributed by atoms with Crippen molar-refractivity contribution < 1.29 is 13.5 Å². The van der Waals surface area contributed by atoms with Crippen molar-refractivity contribution in [2.75, 3.05) is 20.1 Å². The Bertz CT molecular complexity index is 896. The second kappa shape index (κ2) is 6.46. The molecule has 1 atom stereocenters. The Morgan fingerprint density at radius 1 is 1.00 bits per heavy atom. The molecular weight excluding hydrogens is 334 g/mol. The molecule has 25 heavy (non-hydrogen) atoms. The number of likely N-dealkylation sites (N-methyl/N-ethyl adjacent to an activating group) is 1. The van der Waals surface area contributed by atoms with Crippen LogP contribution in [-0.4, -0.2) is 38.6 Å². The Balaban J connectivity index is 2.00. The molecule has 1 aliphatic rings. The topological polar surface area (TPSA) is 57.6 Å². The minimum Gasteiger partial charge on any atom is -0.507 e. The molecule has 5 heteroatoms. The van der Waals surface area contributed by atoms with Gasteiger partial charge in [0.25, 0.3) is 0 Å². The van der Waals surface area contributed by atoms with Crippen molar-refractivity contribution in [1.82, 2.24) is 4.90 Å². The van der Waals surface area contributed by atoms with Crippen LogP contribution in [0.3, 0.4) is 0 Å². The first kappa shape index (κ1) is 18.0. The van der Waals surface area contributed by atoms with Crippen LogP contribution in [0.1, 0.15) is 34.6 Å². The van der Waals surface area contributed by atoms with Crippen molar-refractivity contribution in [3.8, 4) is 5.75 Å². The average Bonchev–Trinajstić information content (AvgIpc) is 2.98. The van der Waals surface area contributed by atoms with Crippen molar-refractivity contribution >= 4 is 9.84 Å². The summed E-state index contributed by atoms with van der Waals surface area (Å²) in [5.74, 6) is 0.621. The highest BCUT2D eigenvalue weighted by molar-refractivity contribution is 7.91. The van der Waals surface area contributed by atoms with E-state index in [9.17, 15) is 13.5 Å². The summed E-state index contributed by atoms with van der Waals surface area (Å²) in [6.45, 7) is 7.51. The van der Waals surface area contributed by atoms with Gasteiger partial charge in [-0.25, -0.2) is 8.42 Å². The summed E-state index contributed by atoms with van der Waals surface area (Å²) in [5.41, 5.74) is 3.40. The smallest absolute Gasteiger partial charge is 0.206 e. The van der Waals surface area contributed by atoms with Crippen molar-refractivity contribution in [1.29, 1.82) is 0 Å². The van der Waals surface area contributed by atoms with Crippen LogP contribution in [0, 0.1) is 20.8 Å². The van der Waals surface area contributed by atoms with Crippen LogP contribution < -0.4 is 0 Å². The number of phenols is 1. The first-order valence-corrected chi connectivity index (χ1v) is 10.0. The summed E-state index contributed by atoms with van der Waals surface area (Å²) >= 11 is 0. The molecule has 134 valence electrons. The Hall–Kier alpha value is -1.85. The van der Waals surface area contributed by atoms with Crippen LogP contribution in [-0.2, 0) is 9.84 Å². The van der Waals surface area contributed by atoms with Gasteiger partial charge in [-0.05, 0) is 93.2 Å². The van der Waals surface area contributed by atoms with Crippen LogP contribution in [0.4, 0.5) is 0 Å². The van der Waals surface area contributed by atoms with Gasteiger partial charge >= 0.3 is 0 Å². The molecule has 4 nitrogen and oxygen atoms in total. The van der Waals surface area contributed by atoms with Crippen molar-refractivity contribution in [3.05, 3.63) is 52.6 Å². The summed E-state index contributed by atoms with van der Waals surface area (Å²) in [6, 6.07) is 8.53. The monoisotopic (exact) mass is 359 g/mol. The molecule has 3 rings (SSSR count). The number of sulfone groups is 1. The van der Waals surface area contributed by atoms with E-state index in [4.69, 9.17) is 0 Å². The maximum Gasteiger partial charge on any atom is 0.206 e. The van der Waals surface area contributed by atoms with Gasteiger partial charge in [0.15, 0.2) is 0 Å². The molecule has 1 heterocycles. The fourth-order valence-corrected chi connectivity index (χ4v) is 5.18. The van der Waals surface area contributed by atoms with E-state index in [0.29, 0.717) is 21.9 Å². The lowest BCUT2D eigenvalue weighted by Crippen LogP contribution is -2.13. The van der Waals surface area contributed by atoms with Crippen LogP contribution in [0.25, 0.3) is 0 Å². The molecule has 2 aromatic carbocycles. The summed E-state index contributed by atoms with van der Waals surface area (Å²) < 4.78 is 26.0.